The number of nitrogens with zero attached hydrogens (tertiary/aromatic N) is 3. The third-order valence-corrected chi connectivity index (χ3v) is 2.00. The molecule has 0 aromatic carbocycles. The number of nitrogens with two attached hydrogens (primary N) is 2. The average Bonchev–Trinajstić information content (AvgIpc) is 2.26. The van der Waals surface area contributed by atoms with E-state index in [-0.39, 0.29) is 18.2 Å². The molecule has 8 heteroatoms. The average molecular weight is 227 g/mol. The molecule has 0 bridgehead atoms. The molecule has 4 N–H and O–H groups in total. The van der Waals surface area contributed by atoms with Gasteiger partial charge in [0.2, 0.25) is 5.95 Å². The van der Waals surface area contributed by atoms with Gasteiger partial charge in [0.05, 0.1) is 6.61 Å². The van der Waals surface area contributed by atoms with Gasteiger partial charge in [-0.2, -0.15) is 4.68 Å². The molecular weight excluding hydrogens is 214 g/mol. The fourth-order valence-electron chi connectivity index (χ4n) is 1.07. The Bertz CT molecular complexity index is 455. The van der Waals surface area contributed by atoms with Crippen molar-refractivity contribution in [3.05, 3.63) is 16.0 Å². The molecule has 0 aliphatic heterocycles. The SMILES string of the molecule is CCOC(=O)[C@H](C)c1nnc(N)n(N)c1=O. The Hall–Kier alpha value is -2.12. The molecule has 1 heterocycles. The zero-order valence-electron chi connectivity index (χ0n) is 9.01. The van der Waals surface area contributed by atoms with Crippen LogP contribution in [0.1, 0.15) is 25.5 Å². The highest BCUT2D eigenvalue weighted by Gasteiger charge is 2.23. The Morgan fingerprint density at radius 2 is 2.19 bits per heavy atom. The molecule has 0 radical (unpaired) electrons. The van der Waals surface area contributed by atoms with Crippen molar-refractivity contribution in [2.75, 3.05) is 18.2 Å². The lowest BCUT2D eigenvalue weighted by Gasteiger charge is -2.09. The summed E-state index contributed by atoms with van der Waals surface area (Å²) >= 11 is 0. The van der Waals surface area contributed by atoms with E-state index in [1.54, 1.807) is 6.92 Å². The maximum atomic E-state index is 11.6. The van der Waals surface area contributed by atoms with Crippen molar-refractivity contribution in [2.24, 2.45) is 0 Å². The lowest BCUT2D eigenvalue weighted by atomic mass is 10.1. The second-order valence-corrected chi connectivity index (χ2v) is 3.09. The van der Waals surface area contributed by atoms with E-state index in [0.717, 1.165) is 0 Å². The molecular formula is C8H13N5O3. The highest BCUT2D eigenvalue weighted by Crippen LogP contribution is 2.09. The van der Waals surface area contributed by atoms with Gasteiger partial charge in [-0.25, -0.2) is 0 Å². The lowest BCUT2D eigenvalue weighted by molar-refractivity contribution is -0.144. The molecule has 16 heavy (non-hydrogen) atoms. The minimum Gasteiger partial charge on any atom is -0.465 e. The second kappa shape index (κ2) is 4.60. The number of ether oxygens (including phenoxy) is 1. The smallest absolute Gasteiger partial charge is 0.315 e. The molecule has 0 aliphatic rings. The molecule has 0 saturated carbocycles. The number of carbonyl (C=O) groups is 1. The van der Waals surface area contributed by atoms with Gasteiger partial charge in [-0.3, -0.25) is 9.59 Å². The number of esters is 1. The van der Waals surface area contributed by atoms with Gasteiger partial charge >= 0.3 is 5.97 Å². The van der Waals surface area contributed by atoms with Gasteiger partial charge in [0.15, 0.2) is 0 Å². The molecule has 1 aromatic rings. The van der Waals surface area contributed by atoms with Crippen LogP contribution >= 0.6 is 0 Å². The van der Waals surface area contributed by atoms with Crippen LogP contribution in [0.15, 0.2) is 4.79 Å². The second-order valence-electron chi connectivity index (χ2n) is 3.09. The fourth-order valence-corrected chi connectivity index (χ4v) is 1.07. The number of nitrogen functional groups attached to an aromatic ring is 2. The van der Waals surface area contributed by atoms with Gasteiger partial charge in [0, 0.05) is 0 Å². The van der Waals surface area contributed by atoms with Crippen LogP contribution in [0.2, 0.25) is 0 Å². The number of rotatable bonds is 3. The zero-order chi connectivity index (χ0) is 12.3. The largest absolute Gasteiger partial charge is 0.465 e. The van der Waals surface area contributed by atoms with Crippen molar-refractivity contribution in [1.82, 2.24) is 14.9 Å². The molecule has 0 amide bonds. The Kier molecular flexibility index (Phi) is 3.44. The molecule has 0 unspecified atom stereocenters. The number of hydrogen-bond donors (Lipinski definition) is 2. The van der Waals surface area contributed by atoms with Crippen molar-refractivity contribution in [3.8, 4) is 0 Å². The normalized spacial score (nSPS) is 12.1. The molecule has 0 spiro atoms. The number of carbonyl (C=O) groups excluding carboxylic acids is 1. The predicted molar refractivity (Wildman–Crippen MR) is 55.9 cm³/mol. The van der Waals surface area contributed by atoms with Crippen LogP contribution in [0.25, 0.3) is 0 Å². The maximum absolute atomic E-state index is 11.6. The summed E-state index contributed by atoms with van der Waals surface area (Å²) in [6.07, 6.45) is 0. The van der Waals surface area contributed by atoms with Crippen molar-refractivity contribution >= 4 is 11.9 Å². The van der Waals surface area contributed by atoms with E-state index in [9.17, 15) is 9.59 Å². The number of anilines is 1. The summed E-state index contributed by atoms with van der Waals surface area (Å²) in [5.41, 5.74) is 4.53. The number of aromatic nitrogens is 3. The monoisotopic (exact) mass is 227 g/mol. The Morgan fingerprint density at radius 1 is 1.56 bits per heavy atom. The Balaban J connectivity index is 3.10. The summed E-state index contributed by atoms with van der Waals surface area (Å²) in [5.74, 6) is 3.72. The minimum atomic E-state index is -0.824. The maximum Gasteiger partial charge on any atom is 0.315 e. The first-order valence-corrected chi connectivity index (χ1v) is 4.65. The van der Waals surface area contributed by atoms with Gasteiger partial charge in [-0.1, -0.05) is 0 Å². The lowest BCUT2D eigenvalue weighted by Crippen LogP contribution is -2.36. The third-order valence-electron chi connectivity index (χ3n) is 2.00. The summed E-state index contributed by atoms with van der Waals surface area (Å²) < 4.78 is 5.39. The summed E-state index contributed by atoms with van der Waals surface area (Å²) in [7, 11) is 0. The van der Waals surface area contributed by atoms with Crippen molar-refractivity contribution in [2.45, 2.75) is 19.8 Å². The van der Waals surface area contributed by atoms with Crippen LogP contribution in [0, 0.1) is 0 Å². The summed E-state index contributed by atoms with van der Waals surface area (Å²) in [4.78, 5) is 23.0. The van der Waals surface area contributed by atoms with E-state index in [1.165, 1.54) is 6.92 Å². The molecule has 8 nitrogen and oxygen atoms in total. The topological polar surface area (TPSA) is 126 Å². The van der Waals surface area contributed by atoms with Crippen LogP contribution in [0.4, 0.5) is 5.95 Å². The molecule has 1 atom stereocenters. The van der Waals surface area contributed by atoms with Crippen molar-refractivity contribution in [3.63, 3.8) is 0 Å². The Labute approximate surface area is 91.2 Å². The van der Waals surface area contributed by atoms with Gasteiger partial charge in [-0.15, -0.1) is 10.2 Å². The van der Waals surface area contributed by atoms with Crippen LogP contribution < -0.4 is 17.1 Å². The zero-order valence-corrected chi connectivity index (χ0v) is 9.01. The van der Waals surface area contributed by atoms with E-state index in [2.05, 4.69) is 10.2 Å². The first-order valence-electron chi connectivity index (χ1n) is 4.65. The standard InChI is InChI=1S/C8H13N5O3/c1-3-16-7(15)4(2)5-6(14)13(10)8(9)12-11-5/h4H,3,10H2,1-2H3,(H2,9,12)/t4-/m1/s1. The summed E-state index contributed by atoms with van der Waals surface area (Å²) in [6.45, 7) is 3.38. The highest BCUT2D eigenvalue weighted by atomic mass is 16.5. The van der Waals surface area contributed by atoms with E-state index in [1.807, 2.05) is 0 Å². The van der Waals surface area contributed by atoms with Crippen LogP contribution in [-0.2, 0) is 9.53 Å². The Morgan fingerprint density at radius 3 is 2.75 bits per heavy atom. The highest BCUT2D eigenvalue weighted by molar-refractivity contribution is 5.76. The minimum absolute atomic E-state index is 0.0878. The predicted octanol–water partition coefficient (Wildman–Crippen LogP) is -1.40. The molecule has 0 saturated heterocycles. The molecule has 88 valence electrons. The van der Waals surface area contributed by atoms with Crippen LogP contribution in [0.3, 0.4) is 0 Å². The van der Waals surface area contributed by atoms with Crippen LogP contribution in [0.5, 0.6) is 0 Å². The third kappa shape index (κ3) is 2.10. The van der Waals surface area contributed by atoms with E-state index in [0.29, 0.717) is 4.68 Å². The van der Waals surface area contributed by atoms with Crippen LogP contribution in [-0.4, -0.2) is 27.4 Å². The fraction of sp³-hybridized carbons (Fsp3) is 0.500. The van der Waals surface area contributed by atoms with Gasteiger partial charge in [-0.05, 0) is 13.8 Å². The van der Waals surface area contributed by atoms with Gasteiger partial charge in [0.1, 0.15) is 11.6 Å². The first kappa shape index (κ1) is 12.0. The van der Waals surface area contributed by atoms with Crippen molar-refractivity contribution < 1.29 is 9.53 Å². The van der Waals surface area contributed by atoms with E-state index < -0.39 is 17.4 Å². The summed E-state index contributed by atoms with van der Waals surface area (Å²) in [5, 5.41) is 7.01. The first-order chi connectivity index (χ1) is 7.49. The molecule has 1 rings (SSSR count). The van der Waals surface area contributed by atoms with E-state index in [4.69, 9.17) is 16.3 Å². The number of hydrogen-bond acceptors (Lipinski definition) is 7. The summed E-state index contributed by atoms with van der Waals surface area (Å²) in [6, 6.07) is 0. The van der Waals surface area contributed by atoms with E-state index >= 15 is 0 Å². The molecule has 0 aliphatic carbocycles. The van der Waals surface area contributed by atoms with Crippen molar-refractivity contribution in [1.29, 1.82) is 0 Å². The van der Waals surface area contributed by atoms with Gasteiger partial charge < -0.3 is 16.3 Å². The molecule has 1 aromatic heterocycles. The quantitative estimate of drug-likeness (QED) is 0.480. The van der Waals surface area contributed by atoms with Gasteiger partial charge in [0.25, 0.3) is 5.56 Å². The molecule has 0 fully saturated rings.